The molecule has 1 aliphatic heterocycles. The lowest BCUT2D eigenvalue weighted by Gasteiger charge is -2.28. The second kappa shape index (κ2) is 2.73. The van der Waals surface area contributed by atoms with Crippen molar-refractivity contribution in [3.8, 4) is 0 Å². The molecule has 1 spiro atoms. The fourth-order valence-electron chi connectivity index (χ4n) is 2.10. The normalized spacial score (nSPS) is 26.9. The van der Waals surface area contributed by atoms with Crippen molar-refractivity contribution in [2.24, 2.45) is 0 Å². The highest BCUT2D eigenvalue weighted by molar-refractivity contribution is 5.74. The van der Waals surface area contributed by atoms with E-state index in [-0.39, 0.29) is 11.4 Å². The van der Waals surface area contributed by atoms with Gasteiger partial charge in [0.05, 0.1) is 5.54 Å². The monoisotopic (exact) mass is 168 g/mol. The summed E-state index contributed by atoms with van der Waals surface area (Å²) >= 11 is 0. The van der Waals surface area contributed by atoms with Crippen molar-refractivity contribution in [2.45, 2.75) is 31.7 Å². The number of amides is 1. The zero-order valence-corrected chi connectivity index (χ0v) is 7.60. The Morgan fingerprint density at radius 1 is 1.50 bits per heavy atom. The van der Waals surface area contributed by atoms with Crippen molar-refractivity contribution in [3.05, 3.63) is 0 Å². The molecule has 1 saturated heterocycles. The molecule has 0 aromatic heterocycles. The molecular weight excluding hydrogens is 152 g/mol. The molecule has 0 bridgehead atoms. The van der Waals surface area contributed by atoms with Crippen LogP contribution in [0, 0.1) is 0 Å². The zero-order chi connectivity index (χ0) is 8.60. The van der Waals surface area contributed by atoms with Crippen LogP contribution in [0.3, 0.4) is 0 Å². The summed E-state index contributed by atoms with van der Waals surface area (Å²) in [5.74, 6) is 0.246. The molecule has 0 unspecified atom stereocenters. The lowest BCUT2D eigenvalue weighted by Crippen LogP contribution is -2.44. The van der Waals surface area contributed by atoms with E-state index in [0.29, 0.717) is 0 Å². The number of carbonyl (C=O) groups is 1. The highest BCUT2D eigenvalue weighted by atomic mass is 16.2. The van der Waals surface area contributed by atoms with Gasteiger partial charge in [0.1, 0.15) is 0 Å². The van der Waals surface area contributed by atoms with Crippen LogP contribution in [0.4, 0.5) is 0 Å². The Bertz CT molecular complexity index is 199. The van der Waals surface area contributed by atoms with E-state index in [9.17, 15) is 4.79 Å². The Balaban J connectivity index is 2.11. The smallest absolute Gasteiger partial charge is 0.219 e. The SMILES string of the molecule is CC(=O)N1CCCNCC12CC2. The van der Waals surface area contributed by atoms with Crippen molar-refractivity contribution in [3.63, 3.8) is 0 Å². The van der Waals surface area contributed by atoms with Gasteiger partial charge in [-0.3, -0.25) is 4.79 Å². The number of rotatable bonds is 0. The van der Waals surface area contributed by atoms with Gasteiger partial charge in [-0.15, -0.1) is 0 Å². The van der Waals surface area contributed by atoms with Crippen LogP contribution in [0.15, 0.2) is 0 Å². The fourth-order valence-corrected chi connectivity index (χ4v) is 2.10. The van der Waals surface area contributed by atoms with Crippen LogP contribution < -0.4 is 5.32 Å². The van der Waals surface area contributed by atoms with E-state index in [1.54, 1.807) is 6.92 Å². The van der Waals surface area contributed by atoms with Crippen LogP contribution in [0.25, 0.3) is 0 Å². The molecule has 1 N–H and O–H groups in total. The van der Waals surface area contributed by atoms with E-state index in [4.69, 9.17) is 0 Å². The molecule has 1 amide bonds. The minimum absolute atomic E-state index is 0.225. The molecule has 3 nitrogen and oxygen atoms in total. The van der Waals surface area contributed by atoms with E-state index in [1.807, 2.05) is 0 Å². The number of nitrogens with zero attached hydrogens (tertiary/aromatic N) is 1. The number of nitrogens with one attached hydrogen (secondary N) is 1. The molecule has 0 aromatic rings. The second-order valence-electron chi connectivity index (χ2n) is 3.93. The average molecular weight is 168 g/mol. The summed E-state index contributed by atoms with van der Waals surface area (Å²) in [6.07, 6.45) is 3.49. The fraction of sp³-hybridized carbons (Fsp3) is 0.889. The van der Waals surface area contributed by atoms with Gasteiger partial charge in [0, 0.05) is 20.0 Å². The highest BCUT2D eigenvalue weighted by Crippen LogP contribution is 2.41. The van der Waals surface area contributed by atoms with E-state index in [0.717, 1.165) is 26.1 Å². The van der Waals surface area contributed by atoms with Crippen LogP contribution in [-0.2, 0) is 4.79 Å². The predicted octanol–water partition coefficient (Wildman–Crippen LogP) is 0.361. The maximum atomic E-state index is 11.3. The van der Waals surface area contributed by atoms with E-state index in [1.165, 1.54) is 12.8 Å². The first-order valence-electron chi connectivity index (χ1n) is 4.74. The maximum absolute atomic E-state index is 11.3. The van der Waals surface area contributed by atoms with Gasteiger partial charge in [-0.25, -0.2) is 0 Å². The zero-order valence-electron chi connectivity index (χ0n) is 7.60. The number of carbonyl (C=O) groups excluding carboxylic acids is 1. The van der Waals surface area contributed by atoms with Crippen LogP contribution >= 0.6 is 0 Å². The Morgan fingerprint density at radius 2 is 2.25 bits per heavy atom. The third-order valence-corrected chi connectivity index (χ3v) is 2.97. The summed E-state index contributed by atoms with van der Waals surface area (Å²) in [7, 11) is 0. The summed E-state index contributed by atoms with van der Waals surface area (Å²) in [6, 6.07) is 0. The van der Waals surface area contributed by atoms with Crippen molar-refractivity contribution in [1.29, 1.82) is 0 Å². The molecular formula is C9H16N2O. The van der Waals surface area contributed by atoms with Gasteiger partial charge < -0.3 is 10.2 Å². The standard InChI is InChI=1S/C9H16N2O/c1-8(12)11-6-2-5-10-7-9(11)3-4-9/h10H,2-7H2,1H3. The van der Waals surface area contributed by atoms with Gasteiger partial charge in [0.2, 0.25) is 5.91 Å². The molecule has 0 aromatic carbocycles. The first-order chi connectivity index (χ1) is 5.75. The third kappa shape index (κ3) is 1.22. The maximum Gasteiger partial charge on any atom is 0.219 e. The quantitative estimate of drug-likeness (QED) is 0.566. The second-order valence-corrected chi connectivity index (χ2v) is 3.93. The average Bonchev–Trinajstić information content (AvgIpc) is 2.80. The lowest BCUT2D eigenvalue weighted by molar-refractivity contribution is -0.131. The van der Waals surface area contributed by atoms with Gasteiger partial charge >= 0.3 is 0 Å². The van der Waals surface area contributed by atoms with Crippen LogP contribution in [-0.4, -0.2) is 36.0 Å². The Morgan fingerprint density at radius 3 is 2.83 bits per heavy atom. The molecule has 1 heterocycles. The van der Waals surface area contributed by atoms with Gasteiger partial charge in [-0.1, -0.05) is 0 Å². The highest BCUT2D eigenvalue weighted by Gasteiger charge is 2.49. The number of hydrogen-bond acceptors (Lipinski definition) is 2. The third-order valence-electron chi connectivity index (χ3n) is 2.97. The van der Waals surface area contributed by atoms with E-state index >= 15 is 0 Å². The molecule has 1 saturated carbocycles. The molecule has 2 rings (SSSR count). The van der Waals surface area contributed by atoms with E-state index < -0.39 is 0 Å². The summed E-state index contributed by atoms with van der Waals surface area (Å²) in [6.45, 7) is 4.70. The van der Waals surface area contributed by atoms with Crippen LogP contribution in [0.5, 0.6) is 0 Å². The largest absolute Gasteiger partial charge is 0.336 e. The van der Waals surface area contributed by atoms with Gasteiger partial charge in [-0.2, -0.15) is 0 Å². The molecule has 68 valence electrons. The topological polar surface area (TPSA) is 32.3 Å². The first-order valence-corrected chi connectivity index (χ1v) is 4.74. The molecule has 0 radical (unpaired) electrons. The molecule has 3 heteroatoms. The Hall–Kier alpha value is -0.570. The molecule has 1 aliphatic carbocycles. The van der Waals surface area contributed by atoms with Crippen molar-refractivity contribution < 1.29 is 4.79 Å². The summed E-state index contributed by atoms with van der Waals surface area (Å²) in [5, 5.41) is 3.39. The van der Waals surface area contributed by atoms with Crippen molar-refractivity contribution in [2.75, 3.05) is 19.6 Å². The first kappa shape index (κ1) is 8.05. The molecule has 2 aliphatic rings. The van der Waals surface area contributed by atoms with Crippen LogP contribution in [0.2, 0.25) is 0 Å². The molecule has 2 fully saturated rings. The molecule has 0 atom stereocenters. The van der Waals surface area contributed by atoms with Crippen molar-refractivity contribution >= 4 is 5.91 Å². The predicted molar refractivity (Wildman–Crippen MR) is 46.8 cm³/mol. The summed E-state index contributed by atoms with van der Waals surface area (Å²) in [4.78, 5) is 13.4. The summed E-state index contributed by atoms with van der Waals surface area (Å²) < 4.78 is 0. The minimum atomic E-state index is 0.225. The Kier molecular flexibility index (Phi) is 1.83. The van der Waals surface area contributed by atoms with Gasteiger partial charge in [0.15, 0.2) is 0 Å². The van der Waals surface area contributed by atoms with Gasteiger partial charge in [-0.05, 0) is 25.8 Å². The molecule has 12 heavy (non-hydrogen) atoms. The van der Waals surface area contributed by atoms with Crippen molar-refractivity contribution in [1.82, 2.24) is 10.2 Å². The number of hydrogen-bond donors (Lipinski definition) is 1. The van der Waals surface area contributed by atoms with E-state index in [2.05, 4.69) is 10.2 Å². The van der Waals surface area contributed by atoms with Gasteiger partial charge in [0.25, 0.3) is 0 Å². The summed E-state index contributed by atoms with van der Waals surface area (Å²) in [5.41, 5.74) is 0.225. The minimum Gasteiger partial charge on any atom is -0.336 e. The lowest BCUT2D eigenvalue weighted by atomic mass is 10.2. The Labute approximate surface area is 73.1 Å². The van der Waals surface area contributed by atoms with Crippen LogP contribution in [0.1, 0.15) is 26.2 Å².